The number of aliphatic hydroxyl groups is 1. The van der Waals surface area contributed by atoms with Crippen molar-refractivity contribution in [2.24, 2.45) is 0 Å². The maximum absolute atomic E-state index is 9.98. The van der Waals surface area contributed by atoms with Crippen LogP contribution < -0.4 is 0 Å². The third-order valence-corrected chi connectivity index (χ3v) is 4.11. The van der Waals surface area contributed by atoms with Crippen molar-refractivity contribution in [3.8, 4) is 0 Å². The van der Waals surface area contributed by atoms with E-state index in [1.54, 1.807) is 6.08 Å². The highest BCUT2D eigenvalue weighted by Crippen LogP contribution is 2.38. The molecular weight excluding hydrogens is 260 g/mol. The first-order valence-corrected chi connectivity index (χ1v) is 7.40. The van der Waals surface area contributed by atoms with Crippen LogP contribution in [0.1, 0.15) is 24.0 Å². The minimum absolute atomic E-state index is 0.421. The number of benzene rings is 2. The molecule has 0 fully saturated rings. The number of aryl methyl sites for hydroxylation is 1. The van der Waals surface area contributed by atoms with Crippen LogP contribution in [0.5, 0.6) is 0 Å². The van der Waals surface area contributed by atoms with Gasteiger partial charge in [-0.05, 0) is 30.0 Å². The molecule has 2 nitrogen and oxygen atoms in total. The van der Waals surface area contributed by atoms with Crippen LogP contribution in [0.15, 0.2) is 72.5 Å². The molecule has 3 rings (SSSR count). The van der Waals surface area contributed by atoms with Crippen LogP contribution in [0.2, 0.25) is 0 Å². The minimum atomic E-state index is -0.421. The Kier molecular flexibility index (Phi) is 4.07. The Morgan fingerprint density at radius 1 is 0.952 bits per heavy atom. The minimum Gasteiger partial charge on any atom is -0.512 e. The van der Waals surface area contributed by atoms with Gasteiger partial charge in [-0.25, -0.2) is 0 Å². The molecule has 0 saturated heterocycles. The number of aliphatic hydroxyl groups excluding tert-OH is 1. The summed E-state index contributed by atoms with van der Waals surface area (Å²) in [5.74, 6) is 0.429. The summed E-state index contributed by atoms with van der Waals surface area (Å²) in [5.41, 5.74) is 2.02. The number of hydrogen-bond donors (Lipinski definition) is 1. The zero-order valence-electron chi connectivity index (χ0n) is 12.0. The van der Waals surface area contributed by atoms with Crippen molar-refractivity contribution in [3.05, 3.63) is 83.6 Å². The molecular formula is C19H20O2. The van der Waals surface area contributed by atoms with Gasteiger partial charge in [0.25, 0.3) is 0 Å². The Hall–Kier alpha value is -2.06. The first kappa shape index (κ1) is 13.9. The zero-order valence-corrected chi connectivity index (χ0v) is 12.0. The standard InChI is InChI=1S/C19H20O2/c20-18-12-14-21-19(15-18,17-9-5-2-6-10-17)13-11-16-7-3-1-4-8-16/h1-10,12,20H,11,13-15H2. The molecule has 0 aromatic heterocycles. The molecule has 0 radical (unpaired) electrons. The highest BCUT2D eigenvalue weighted by molar-refractivity contribution is 5.27. The molecule has 1 aliphatic heterocycles. The Bertz CT molecular complexity index is 604. The summed E-state index contributed by atoms with van der Waals surface area (Å²) >= 11 is 0. The van der Waals surface area contributed by atoms with E-state index in [9.17, 15) is 5.11 Å². The summed E-state index contributed by atoms with van der Waals surface area (Å²) in [7, 11) is 0. The Balaban J connectivity index is 1.85. The van der Waals surface area contributed by atoms with Crippen LogP contribution in [0.25, 0.3) is 0 Å². The monoisotopic (exact) mass is 280 g/mol. The molecule has 0 spiro atoms. The third-order valence-electron chi connectivity index (χ3n) is 4.11. The maximum Gasteiger partial charge on any atom is 0.101 e. The van der Waals surface area contributed by atoms with Crippen molar-refractivity contribution < 1.29 is 9.84 Å². The molecule has 0 amide bonds. The Labute approximate surface area is 125 Å². The van der Waals surface area contributed by atoms with E-state index in [0.717, 1.165) is 18.4 Å². The molecule has 21 heavy (non-hydrogen) atoms. The zero-order chi connectivity index (χ0) is 14.5. The van der Waals surface area contributed by atoms with Crippen molar-refractivity contribution in [2.45, 2.75) is 24.9 Å². The quantitative estimate of drug-likeness (QED) is 0.900. The fourth-order valence-electron chi connectivity index (χ4n) is 2.94. The van der Waals surface area contributed by atoms with Gasteiger partial charge in [0.1, 0.15) is 5.60 Å². The van der Waals surface area contributed by atoms with Crippen molar-refractivity contribution in [2.75, 3.05) is 6.61 Å². The molecule has 1 aliphatic rings. The van der Waals surface area contributed by atoms with Crippen molar-refractivity contribution in [1.29, 1.82) is 0 Å². The van der Waals surface area contributed by atoms with E-state index in [2.05, 4.69) is 36.4 Å². The first-order valence-electron chi connectivity index (χ1n) is 7.40. The van der Waals surface area contributed by atoms with Gasteiger partial charge in [-0.2, -0.15) is 0 Å². The van der Waals surface area contributed by atoms with Crippen molar-refractivity contribution in [3.63, 3.8) is 0 Å². The summed E-state index contributed by atoms with van der Waals surface area (Å²) in [5, 5.41) is 9.98. The number of ether oxygens (including phenoxy) is 1. The van der Waals surface area contributed by atoms with Gasteiger partial charge < -0.3 is 9.84 Å². The molecule has 1 heterocycles. The topological polar surface area (TPSA) is 29.5 Å². The normalized spacial score (nSPS) is 21.8. The summed E-state index contributed by atoms with van der Waals surface area (Å²) < 4.78 is 6.11. The van der Waals surface area contributed by atoms with E-state index in [0.29, 0.717) is 18.8 Å². The van der Waals surface area contributed by atoms with Crippen LogP contribution in [0.3, 0.4) is 0 Å². The van der Waals surface area contributed by atoms with Crippen LogP contribution >= 0.6 is 0 Å². The van der Waals surface area contributed by atoms with Crippen molar-refractivity contribution in [1.82, 2.24) is 0 Å². The maximum atomic E-state index is 9.98. The SMILES string of the molecule is OC1=CCOC(CCc2ccccc2)(c2ccccc2)C1. The van der Waals surface area contributed by atoms with E-state index in [4.69, 9.17) is 4.74 Å². The predicted octanol–water partition coefficient (Wildman–Crippen LogP) is 4.38. The van der Waals surface area contributed by atoms with E-state index >= 15 is 0 Å². The molecule has 1 N–H and O–H groups in total. The summed E-state index contributed by atoms with van der Waals surface area (Å²) in [6, 6.07) is 20.7. The van der Waals surface area contributed by atoms with E-state index in [-0.39, 0.29) is 0 Å². The predicted molar refractivity (Wildman–Crippen MR) is 84.2 cm³/mol. The van der Waals surface area contributed by atoms with E-state index < -0.39 is 5.60 Å². The van der Waals surface area contributed by atoms with Gasteiger partial charge in [0.2, 0.25) is 0 Å². The van der Waals surface area contributed by atoms with Gasteiger partial charge in [0.05, 0.1) is 12.4 Å². The molecule has 0 saturated carbocycles. The smallest absolute Gasteiger partial charge is 0.101 e. The Morgan fingerprint density at radius 3 is 2.29 bits per heavy atom. The second-order valence-electron chi connectivity index (χ2n) is 5.53. The Morgan fingerprint density at radius 2 is 1.62 bits per heavy atom. The fraction of sp³-hybridized carbons (Fsp3) is 0.263. The van der Waals surface area contributed by atoms with Gasteiger partial charge in [-0.3, -0.25) is 0 Å². The van der Waals surface area contributed by atoms with Gasteiger partial charge in [0.15, 0.2) is 0 Å². The molecule has 0 aliphatic carbocycles. The fourth-order valence-corrected chi connectivity index (χ4v) is 2.94. The third kappa shape index (κ3) is 3.17. The number of hydrogen-bond acceptors (Lipinski definition) is 2. The average Bonchev–Trinajstić information content (AvgIpc) is 2.55. The molecule has 2 aromatic carbocycles. The summed E-state index contributed by atoms with van der Waals surface area (Å²) in [6.45, 7) is 0.468. The average molecular weight is 280 g/mol. The van der Waals surface area contributed by atoms with Gasteiger partial charge >= 0.3 is 0 Å². The highest BCUT2D eigenvalue weighted by atomic mass is 16.5. The molecule has 108 valence electrons. The second kappa shape index (κ2) is 6.15. The first-order chi connectivity index (χ1) is 10.3. The lowest BCUT2D eigenvalue weighted by atomic mass is 9.83. The lowest BCUT2D eigenvalue weighted by Crippen LogP contribution is -2.34. The van der Waals surface area contributed by atoms with Gasteiger partial charge in [0, 0.05) is 6.42 Å². The largest absolute Gasteiger partial charge is 0.512 e. The summed E-state index contributed by atoms with van der Waals surface area (Å²) in [4.78, 5) is 0. The van der Waals surface area contributed by atoms with Crippen LogP contribution in [0.4, 0.5) is 0 Å². The lowest BCUT2D eigenvalue weighted by molar-refractivity contribution is -0.0605. The van der Waals surface area contributed by atoms with E-state index in [1.807, 2.05) is 24.3 Å². The van der Waals surface area contributed by atoms with Gasteiger partial charge in [-0.15, -0.1) is 0 Å². The van der Waals surface area contributed by atoms with Gasteiger partial charge in [-0.1, -0.05) is 60.7 Å². The van der Waals surface area contributed by atoms with E-state index in [1.165, 1.54) is 5.56 Å². The van der Waals surface area contributed by atoms with Crippen LogP contribution in [-0.2, 0) is 16.8 Å². The van der Waals surface area contributed by atoms with Crippen LogP contribution in [0, 0.1) is 0 Å². The molecule has 2 heteroatoms. The molecule has 2 aromatic rings. The molecule has 1 unspecified atom stereocenters. The molecule has 0 bridgehead atoms. The molecule has 1 atom stereocenters. The lowest BCUT2D eigenvalue weighted by Gasteiger charge is -2.36. The highest BCUT2D eigenvalue weighted by Gasteiger charge is 2.36. The van der Waals surface area contributed by atoms with Crippen molar-refractivity contribution >= 4 is 0 Å². The second-order valence-corrected chi connectivity index (χ2v) is 5.53. The van der Waals surface area contributed by atoms with Crippen LogP contribution in [-0.4, -0.2) is 11.7 Å². The number of rotatable bonds is 4. The summed E-state index contributed by atoms with van der Waals surface area (Å²) in [6.07, 6.45) is 4.09.